The number of halogens is 1. The maximum Gasteiger partial charge on any atom is 0.281 e. The van der Waals surface area contributed by atoms with Crippen LogP contribution in [0.2, 0.25) is 0 Å². The molecule has 0 spiro atoms. The zero-order valence-corrected chi connectivity index (χ0v) is 15.1. The molecule has 1 amide bonds. The molecule has 25 heavy (non-hydrogen) atoms. The minimum Gasteiger partial charge on any atom is -0.358 e. The summed E-state index contributed by atoms with van der Waals surface area (Å²) in [5.41, 5.74) is 1.92. The molecule has 0 aliphatic carbocycles. The van der Waals surface area contributed by atoms with Crippen LogP contribution in [0.3, 0.4) is 0 Å². The van der Waals surface area contributed by atoms with Crippen molar-refractivity contribution in [3.63, 3.8) is 0 Å². The van der Waals surface area contributed by atoms with Gasteiger partial charge in [0.05, 0.1) is 17.4 Å². The van der Waals surface area contributed by atoms with Crippen molar-refractivity contribution in [3.05, 3.63) is 52.9 Å². The highest BCUT2D eigenvalue weighted by atomic mass is 79.9. The number of rotatable bonds is 3. The first-order valence-corrected chi connectivity index (χ1v) is 9.02. The molecule has 3 aromatic rings. The molecule has 1 atom stereocenters. The van der Waals surface area contributed by atoms with Crippen LogP contribution in [0.15, 0.2) is 47.2 Å². The zero-order valence-electron chi connectivity index (χ0n) is 13.5. The number of hydrogen-bond acceptors (Lipinski definition) is 4. The number of aromatic amines is 1. The van der Waals surface area contributed by atoms with Crippen LogP contribution >= 0.6 is 15.9 Å². The summed E-state index contributed by atoms with van der Waals surface area (Å²) < 4.78 is 6.78. The lowest BCUT2D eigenvalue weighted by Gasteiger charge is -2.33. The zero-order chi connectivity index (χ0) is 17.2. The molecule has 0 radical (unpaired) electrons. The fraction of sp³-hybridized carbons (Fsp3) is 0.278. The maximum atomic E-state index is 13.4. The molecule has 1 aliphatic heterocycles. The van der Waals surface area contributed by atoms with Crippen molar-refractivity contribution in [1.82, 2.24) is 15.2 Å². The first-order chi connectivity index (χ1) is 12.2. The summed E-state index contributed by atoms with van der Waals surface area (Å²) in [7, 11) is 0. The van der Waals surface area contributed by atoms with E-state index in [2.05, 4.69) is 31.1 Å². The lowest BCUT2D eigenvalue weighted by molar-refractivity contribution is 0.0143. The lowest BCUT2D eigenvalue weighted by atomic mass is 10.1. The van der Waals surface area contributed by atoms with Crippen LogP contribution in [0, 0.1) is 0 Å². The van der Waals surface area contributed by atoms with E-state index >= 15 is 0 Å². The van der Waals surface area contributed by atoms with Crippen LogP contribution in [0.4, 0.5) is 5.69 Å². The molecule has 1 aromatic carbocycles. The number of amides is 1. The Morgan fingerprint density at radius 1 is 1.32 bits per heavy atom. The van der Waals surface area contributed by atoms with Gasteiger partial charge in [0.25, 0.3) is 5.91 Å². The van der Waals surface area contributed by atoms with E-state index in [1.54, 1.807) is 17.3 Å². The lowest BCUT2D eigenvalue weighted by Crippen LogP contribution is -2.44. The second-order valence-electron chi connectivity index (χ2n) is 5.97. The fourth-order valence-corrected chi connectivity index (χ4v) is 3.46. The first kappa shape index (κ1) is 16.2. The van der Waals surface area contributed by atoms with Gasteiger partial charge in [-0.1, -0.05) is 15.9 Å². The van der Waals surface area contributed by atoms with Gasteiger partial charge in [0.2, 0.25) is 0 Å². The molecule has 1 N–H and O–H groups in total. The molecule has 3 heterocycles. The first-order valence-electron chi connectivity index (χ1n) is 8.23. The van der Waals surface area contributed by atoms with Crippen molar-refractivity contribution < 1.29 is 9.53 Å². The van der Waals surface area contributed by atoms with Gasteiger partial charge < -0.3 is 4.74 Å². The summed E-state index contributed by atoms with van der Waals surface area (Å²) in [4.78, 5) is 19.2. The molecule has 0 bridgehead atoms. The van der Waals surface area contributed by atoms with E-state index < -0.39 is 0 Å². The third-order valence-corrected chi connectivity index (χ3v) is 4.81. The second kappa shape index (κ2) is 6.93. The van der Waals surface area contributed by atoms with Crippen LogP contribution in [-0.4, -0.2) is 33.9 Å². The number of nitrogens with zero attached hydrogens (tertiary/aromatic N) is 3. The van der Waals surface area contributed by atoms with E-state index in [0.29, 0.717) is 18.0 Å². The molecule has 1 saturated heterocycles. The van der Waals surface area contributed by atoms with Crippen LogP contribution in [-0.2, 0) is 4.74 Å². The Morgan fingerprint density at radius 2 is 2.24 bits per heavy atom. The highest BCUT2D eigenvalue weighted by Gasteiger charge is 2.31. The van der Waals surface area contributed by atoms with Gasteiger partial charge in [-0.25, -0.2) is 0 Å². The number of fused-ring (bicyclic) bond motifs is 1. The van der Waals surface area contributed by atoms with E-state index in [1.807, 2.05) is 30.3 Å². The van der Waals surface area contributed by atoms with Crippen molar-refractivity contribution in [2.45, 2.75) is 25.5 Å². The van der Waals surface area contributed by atoms with Gasteiger partial charge in [-0.3, -0.25) is 19.8 Å². The Hall–Kier alpha value is -2.25. The number of anilines is 1. The normalized spacial score (nSPS) is 17.6. The van der Waals surface area contributed by atoms with Crippen LogP contribution < -0.4 is 4.90 Å². The molecular weight excluding hydrogens is 384 g/mol. The number of aromatic nitrogens is 3. The highest BCUT2D eigenvalue weighted by Crippen LogP contribution is 2.28. The molecule has 1 aliphatic rings. The van der Waals surface area contributed by atoms with Gasteiger partial charge in [0.1, 0.15) is 6.23 Å². The summed E-state index contributed by atoms with van der Waals surface area (Å²) >= 11 is 3.46. The molecule has 2 aromatic heterocycles. The predicted molar refractivity (Wildman–Crippen MR) is 98.4 cm³/mol. The molecular formula is C18H17BrN4O2. The Balaban J connectivity index is 1.77. The SMILES string of the molecule is O=C(c1n[nH]c2ccc(Br)cc12)N(c1cccnc1)C1CCCCO1. The third-order valence-electron chi connectivity index (χ3n) is 4.31. The van der Waals surface area contributed by atoms with Gasteiger partial charge >= 0.3 is 0 Å². The molecule has 7 heteroatoms. The van der Waals surface area contributed by atoms with Crippen molar-refractivity contribution >= 4 is 38.4 Å². The molecule has 6 nitrogen and oxygen atoms in total. The predicted octanol–water partition coefficient (Wildman–Crippen LogP) is 3.89. The standard InChI is InChI=1S/C18H17BrN4O2/c19-12-6-7-15-14(10-12)17(22-21-15)18(24)23(13-4-3-8-20-11-13)16-5-1-2-9-25-16/h3-4,6-8,10-11,16H,1-2,5,9H2,(H,21,22). The maximum absolute atomic E-state index is 13.4. The Labute approximate surface area is 153 Å². The number of hydrogen-bond donors (Lipinski definition) is 1. The molecule has 4 rings (SSSR count). The molecule has 1 fully saturated rings. The van der Waals surface area contributed by atoms with Crippen molar-refractivity contribution in [2.24, 2.45) is 0 Å². The summed E-state index contributed by atoms with van der Waals surface area (Å²) in [6, 6.07) is 9.40. The Morgan fingerprint density at radius 3 is 3.00 bits per heavy atom. The van der Waals surface area contributed by atoms with Crippen molar-refractivity contribution in [1.29, 1.82) is 0 Å². The Kier molecular flexibility index (Phi) is 4.50. The second-order valence-corrected chi connectivity index (χ2v) is 6.89. The largest absolute Gasteiger partial charge is 0.358 e. The van der Waals surface area contributed by atoms with Crippen molar-refractivity contribution in [2.75, 3.05) is 11.5 Å². The molecule has 0 saturated carbocycles. The fourth-order valence-electron chi connectivity index (χ4n) is 3.10. The Bertz CT molecular complexity index is 890. The summed E-state index contributed by atoms with van der Waals surface area (Å²) in [6.45, 7) is 0.654. The van der Waals surface area contributed by atoms with Crippen LogP contribution in [0.5, 0.6) is 0 Å². The summed E-state index contributed by atoms with van der Waals surface area (Å²) in [5.74, 6) is -0.191. The van der Waals surface area contributed by atoms with E-state index in [-0.39, 0.29) is 12.1 Å². The smallest absolute Gasteiger partial charge is 0.281 e. The average Bonchev–Trinajstić information content (AvgIpc) is 3.07. The molecule has 128 valence electrons. The van der Waals surface area contributed by atoms with E-state index in [9.17, 15) is 4.79 Å². The van der Waals surface area contributed by atoms with E-state index in [0.717, 1.165) is 34.6 Å². The number of ether oxygens (including phenoxy) is 1. The van der Waals surface area contributed by atoms with Crippen LogP contribution in [0.25, 0.3) is 10.9 Å². The van der Waals surface area contributed by atoms with Gasteiger partial charge in [-0.15, -0.1) is 0 Å². The summed E-state index contributed by atoms with van der Waals surface area (Å²) in [6.07, 6.45) is 5.91. The van der Waals surface area contributed by atoms with Crippen LogP contribution in [0.1, 0.15) is 29.8 Å². The van der Waals surface area contributed by atoms with E-state index in [1.165, 1.54) is 0 Å². The van der Waals surface area contributed by atoms with Gasteiger partial charge in [-0.05, 0) is 49.6 Å². The third kappa shape index (κ3) is 3.17. The topological polar surface area (TPSA) is 71.1 Å². The number of benzene rings is 1. The van der Waals surface area contributed by atoms with Crippen molar-refractivity contribution in [3.8, 4) is 0 Å². The number of carbonyl (C=O) groups is 1. The molecule has 1 unspecified atom stereocenters. The van der Waals surface area contributed by atoms with Gasteiger partial charge in [-0.2, -0.15) is 5.10 Å². The average molecular weight is 401 g/mol. The highest BCUT2D eigenvalue weighted by molar-refractivity contribution is 9.10. The monoisotopic (exact) mass is 400 g/mol. The number of carbonyl (C=O) groups excluding carboxylic acids is 1. The van der Waals surface area contributed by atoms with Gasteiger partial charge in [0, 0.05) is 22.7 Å². The number of pyridine rings is 1. The quantitative estimate of drug-likeness (QED) is 0.723. The summed E-state index contributed by atoms with van der Waals surface area (Å²) in [5, 5.41) is 7.98. The van der Waals surface area contributed by atoms with Gasteiger partial charge in [0.15, 0.2) is 5.69 Å². The minimum atomic E-state index is -0.302. The van der Waals surface area contributed by atoms with E-state index in [4.69, 9.17) is 4.74 Å². The number of H-pyrrole nitrogens is 1. The minimum absolute atomic E-state index is 0.191. The number of nitrogens with one attached hydrogen (secondary N) is 1.